The van der Waals surface area contributed by atoms with Crippen molar-refractivity contribution in [3.8, 4) is 0 Å². The molecule has 1 aliphatic heterocycles. The summed E-state index contributed by atoms with van der Waals surface area (Å²) in [6.07, 6.45) is 0.231. The van der Waals surface area contributed by atoms with E-state index in [1.165, 1.54) is 26.7 Å². The van der Waals surface area contributed by atoms with Gasteiger partial charge in [-0.2, -0.15) is 0 Å². The first-order valence-electron chi connectivity index (χ1n) is 5.03. The lowest BCUT2D eigenvalue weighted by Gasteiger charge is -2.36. The van der Waals surface area contributed by atoms with Crippen LogP contribution in [0.4, 0.5) is 0 Å². The zero-order chi connectivity index (χ0) is 10.3. The predicted octanol–water partition coefficient (Wildman–Crippen LogP) is -0.496. The molecule has 1 aliphatic rings. The first-order chi connectivity index (χ1) is 6.24. The lowest BCUT2D eigenvalue weighted by atomic mass is 10.3. The fraction of sp³-hybridized carbons (Fsp3) is 1.00. The molecule has 0 aliphatic carbocycles. The Hall–Kier alpha value is -0.160. The normalized spacial score (nSPS) is 21.9. The average molecular weight is 188 g/mol. The molecule has 1 rings (SSSR count). The summed E-state index contributed by atoms with van der Waals surface area (Å²) >= 11 is 0. The number of hydrogen-bond donors (Lipinski definition) is 2. The van der Waals surface area contributed by atoms with Crippen molar-refractivity contribution in [3.63, 3.8) is 0 Å². The number of likely N-dealkylation sites (N-methyl/N-ethyl adjacent to an activating group) is 1. The molecular formula is C9H24N4. The molecule has 0 aromatic heterocycles. The van der Waals surface area contributed by atoms with Gasteiger partial charge in [-0.05, 0) is 20.5 Å². The Bertz CT molecular complexity index is 108. The van der Waals surface area contributed by atoms with E-state index in [1.54, 1.807) is 0 Å². The van der Waals surface area contributed by atoms with Crippen LogP contribution < -0.4 is 11.5 Å². The highest BCUT2D eigenvalue weighted by Gasteiger charge is 2.16. The van der Waals surface area contributed by atoms with Crippen molar-refractivity contribution < 1.29 is 0 Å². The Morgan fingerprint density at radius 1 is 1.15 bits per heavy atom. The zero-order valence-corrected chi connectivity index (χ0v) is 9.16. The molecule has 0 spiro atoms. The summed E-state index contributed by atoms with van der Waals surface area (Å²) in [5.41, 5.74) is 10.3. The highest BCUT2D eigenvalue weighted by molar-refractivity contribution is 4.72. The van der Waals surface area contributed by atoms with E-state index in [1.807, 2.05) is 0 Å². The van der Waals surface area contributed by atoms with Gasteiger partial charge in [0.05, 0.1) is 6.17 Å². The van der Waals surface area contributed by atoms with Gasteiger partial charge in [-0.1, -0.05) is 6.92 Å². The summed E-state index contributed by atoms with van der Waals surface area (Å²) in [4.78, 5) is 4.78. The molecule has 0 saturated carbocycles. The third kappa shape index (κ3) is 4.57. The van der Waals surface area contributed by atoms with Crippen LogP contribution in [-0.4, -0.2) is 55.7 Å². The maximum absolute atomic E-state index is 5.76. The van der Waals surface area contributed by atoms with Crippen molar-refractivity contribution >= 4 is 0 Å². The largest absolute Gasteiger partial charge is 0.333 e. The minimum atomic E-state index is 0.231. The van der Waals surface area contributed by atoms with E-state index in [0.717, 1.165) is 13.1 Å². The number of nitrogens with two attached hydrogens (primary N) is 2. The van der Waals surface area contributed by atoms with E-state index in [2.05, 4.69) is 29.4 Å². The number of hydrogen-bond acceptors (Lipinski definition) is 4. The molecule has 13 heavy (non-hydrogen) atoms. The monoisotopic (exact) mass is 188 g/mol. The zero-order valence-electron chi connectivity index (χ0n) is 9.16. The van der Waals surface area contributed by atoms with Gasteiger partial charge >= 0.3 is 0 Å². The second-order valence-electron chi connectivity index (χ2n) is 3.21. The van der Waals surface area contributed by atoms with E-state index in [0.29, 0.717) is 0 Å². The molecule has 1 heterocycles. The van der Waals surface area contributed by atoms with Crippen LogP contribution in [0.3, 0.4) is 0 Å². The highest BCUT2D eigenvalue weighted by Crippen LogP contribution is 2.01. The van der Waals surface area contributed by atoms with Gasteiger partial charge in [-0.25, -0.2) is 0 Å². The summed E-state index contributed by atoms with van der Waals surface area (Å²) in [7, 11) is 1.50. The fourth-order valence-electron chi connectivity index (χ4n) is 1.49. The summed E-state index contributed by atoms with van der Waals surface area (Å²) in [5, 5.41) is 0. The second-order valence-corrected chi connectivity index (χ2v) is 3.21. The van der Waals surface area contributed by atoms with Gasteiger partial charge in [0.1, 0.15) is 0 Å². The number of piperazine rings is 1. The van der Waals surface area contributed by atoms with Crippen molar-refractivity contribution in [2.75, 3.05) is 39.8 Å². The Morgan fingerprint density at radius 3 is 1.92 bits per heavy atom. The molecular weight excluding hydrogens is 164 g/mol. The van der Waals surface area contributed by atoms with E-state index in [-0.39, 0.29) is 6.17 Å². The average Bonchev–Trinajstić information content (AvgIpc) is 2.21. The van der Waals surface area contributed by atoms with Gasteiger partial charge < -0.3 is 16.4 Å². The van der Waals surface area contributed by atoms with Gasteiger partial charge in [-0.3, -0.25) is 4.90 Å². The van der Waals surface area contributed by atoms with Crippen LogP contribution in [0.2, 0.25) is 0 Å². The Labute approximate surface area is 81.9 Å². The molecule has 1 fully saturated rings. The lowest BCUT2D eigenvalue weighted by molar-refractivity contribution is 0.108. The van der Waals surface area contributed by atoms with Gasteiger partial charge in [-0.15, -0.1) is 0 Å². The smallest absolute Gasteiger partial charge is 0.0543 e. The molecule has 0 bridgehead atoms. The van der Waals surface area contributed by atoms with E-state index in [9.17, 15) is 0 Å². The quantitative estimate of drug-likeness (QED) is 0.613. The molecule has 0 amide bonds. The molecule has 0 aromatic rings. The maximum atomic E-state index is 5.76. The molecule has 0 radical (unpaired) electrons. The molecule has 4 nitrogen and oxygen atoms in total. The van der Waals surface area contributed by atoms with Crippen molar-refractivity contribution in [1.82, 2.24) is 9.80 Å². The molecule has 1 unspecified atom stereocenters. The van der Waals surface area contributed by atoms with Gasteiger partial charge in [0.2, 0.25) is 0 Å². The fourth-order valence-corrected chi connectivity index (χ4v) is 1.49. The Balaban J connectivity index is 0.000000671. The van der Waals surface area contributed by atoms with E-state index < -0.39 is 0 Å². The molecule has 80 valence electrons. The molecule has 4 heteroatoms. The van der Waals surface area contributed by atoms with E-state index >= 15 is 0 Å². The third-order valence-electron chi connectivity index (χ3n) is 2.43. The molecule has 4 N–H and O–H groups in total. The topological polar surface area (TPSA) is 58.5 Å². The minimum Gasteiger partial charge on any atom is -0.333 e. The number of rotatable bonds is 2. The van der Waals surface area contributed by atoms with Crippen LogP contribution in [0, 0.1) is 0 Å². The Kier molecular flexibility index (Phi) is 7.17. The van der Waals surface area contributed by atoms with Crippen LogP contribution in [0.15, 0.2) is 0 Å². The van der Waals surface area contributed by atoms with Crippen LogP contribution in [-0.2, 0) is 0 Å². The molecule has 1 atom stereocenters. The highest BCUT2D eigenvalue weighted by atomic mass is 15.3. The number of nitrogens with zero attached hydrogens (tertiary/aromatic N) is 2. The Morgan fingerprint density at radius 2 is 1.62 bits per heavy atom. The van der Waals surface area contributed by atoms with Crippen molar-refractivity contribution in [1.29, 1.82) is 0 Å². The summed E-state index contributed by atoms with van der Waals surface area (Å²) in [6, 6.07) is 0. The minimum absolute atomic E-state index is 0.231. The standard InChI is InChI=1S/C8H19N3.CH5N/c1-3-10-4-6-11(7-5-10)8(2)9;1-2/h8H,3-7,9H2,1-2H3;2H2,1H3. The van der Waals surface area contributed by atoms with Crippen LogP contribution in [0.5, 0.6) is 0 Å². The second kappa shape index (κ2) is 7.26. The SMILES string of the molecule is CCN1CCN(C(C)N)CC1.CN. The molecule has 1 saturated heterocycles. The third-order valence-corrected chi connectivity index (χ3v) is 2.43. The van der Waals surface area contributed by atoms with Gasteiger partial charge in [0.15, 0.2) is 0 Å². The van der Waals surface area contributed by atoms with Crippen molar-refractivity contribution in [2.24, 2.45) is 11.5 Å². The lowest BCUT2D eigenvalue weighted by Crippen LogP contribution is -2.51. The van der Waals surface area contributed by atoms with Crippen LogP contribution in [0.1, 0.15) is 13.8 Å². The first-order valence-corrected chi connectivity index (χ1v) is 5.03. The van der Waals surface area contributed by atoms with E-state index in [4.69, 9.17) is 5.73 Å². The van der Waals surface area contributed by atoms with Gasteiger partial charge in [0, 0.05) is 26.2 Å². The summed E-state index contributed by atoms with van der Waals surface area (Å²) < 4.78 is 0. The van der Waals surface area contributed by atoms with Gasteiger partial charge in [0.25, 0.3) is 0 Å². The summed E-state index contributed by atoms with van der Waals surface area (Å²) in [5.74, 6) is 0. The van der Waals surface area contributed by atoms with Crippen molar-refractivity contribution in [3.05, 3.63) is 0 Å². The van der Waals surface area contributed by atoms with Crippen LogP contribution >= 0.6 is 0 Å². The predicted molar refractivity (Wildman–Crippen MR) is 57.4 cm³/mol. The maximum Gasteiger partial charge on any atom is 0.0543 e. The van der Waals surface area contributed by atoms with Crippen LogP contribution in [0.25, 0.3) is 0 Å². The summed E-state index contributed by atoms with van der Waals surface area (Å²) in [6.45, 7) is 10.1. The van der Waals surface area contributed by atoms with Crippen molar-refractivity contribution in [2.45, 2.75) is 20.0 Å². The first kappa shape index (κ1) is 12.8. The molecule has 0 aromatic carbocycles.